The number of Topliss-reactive ketones (excluding diaryl/α,β-unsaturated/α-hetero) is 1. The van der Waals surface area contributed by atoms with Crippen molar-refractivity contribution in [2.24, 2.45) is 11.8 Å². The van der Waals surface area contributed by atoms with Crippen molar-refractivity contribution in [2.45, 2.75) is 33.2 Å². The predicted molar refractivity (Wildman–Crippen MR) is 82.9 cm³/mol. The maximum Gasteiger partial charge on any atom is 0.0395 e. The van der Waals surface area contributed by atoms with Crippen LogP contribution in [0.15, 0.2) is 30.0 Å². The summed E-state index contributed by atoms with van der Waals surface area (Å²) in [5, 5.41) is 0. The van der Waals surface area contributed by atoms with Crippen LogP contribution in [0, 0.1) is 61.9 Å². The van der Waals surface area contributed by atoms with Crippen molar-refractivity contribution in [3.63, 3.8) is 0 Å². The van der Waals surface area contributed by atoms with Crippen LogP contribution in [-0.4, -0.2) is 11.8 Å². The van der Waals surface area contributed by atoms with E-state index in [1.54, 1.807) is 0 Å². The monoisotopic (exact) mass is 648 g/mol. The first-order chi connectivity index (χ1) is 9.74. The standard InChI is InChI=1S/C16H14NO.C2H6.U.V.Y.H2/c1-10-6-13-15(7-10)17-12(9-16(13)18)8-11-4-2-3-5-14(11)17;1-2;;;;/h2-7,10,13,15H,8H2,1H3;1-2H3;;;;1H/q-3;;;;;/i;;;;;1+2. The molecule has 5 heteroatoms. The number of carbonyl (C=O) groups excluding carboxylic acids is 1. The molecule has 4 rings (SSSR count). The molecule has 2 aliphatic heterocycles. The number of fused-ring (bicyclic) bond motifs is 5. The number of nitrogens with zero attached hydrogens (tertiary/aromatic N) is 1. The quantitative estimate of drug-likeness (QED) is 0.401. The number of para-hydroxylation sites is 1. The molecular weight excluding hydrogens is 624 g/mol. The maximum absolute atomic E-state index is 12.1. The van der Waals surface area contributed by atoms with Crippen LogP contribution < -0.4 is 4.90 Å². The molecule has 3 aliphatic rings. The van der Waals surface area contributed by atoms with Crippen LogP contribution >= 0.6 is 0 Å². The van der Waals surface area contributed by atoms with Crippen LogP contribution in [0.5, 0.6) is 0 Å². The summed E-state index contributed by atoms with van der Waals surface area (Å²) < 4.78 is 0. The minimum absolute atomic E-state index is 0. The Balaban J connectivity index is 0. The molecule has 0 spiro atoms. The third kappa shape index (κ3) is 4.48. The van der Waals surface area contributed by atoms with E-state index in [1.807, 2.05) is 13.8 Å². The van der Waals surface area contributed by atoms with E-state index in [0.717, 1.165) is 12.1 Å². The Morgan fingerprint density at radius 3 is 2.61 bits per heavy atom. The van der Waals surface area contributed by atoms with Gasteiger partial charge < -0.3 is 34.5 Å². The molecule has 0 bridgehead atoms. The number of hydrogen-bond donors (Lipinski definition) is 0. The van der Waals surface area contributed by atoms with Crippen molar-refractivity contribution in [1.29, 1.82) is 0 Å². The summed E-state index contributed by atoms with van der Waals surface area (Å²) in [6, 6.07) is 8.62. The first-order valence-corrected chi connectivity index (χ1v) is 7.48. The molecule has 0 N–H and O–H groups in total. The molecule has 2 heterocycles. The zero-order valence-electron chi connectivity index (χ0n) is 13.8. The van der Waals surface area contributed by atoms with Crippen molar-refractivity contribution in [1.82, 2.24) is 0 Å². The second-order valence-electron chi connectivity index (χ2n) is 5.37. The van der Waals surface area contributed by atoms with Gasteiger partial charge in [-0.15, -0.1) is 18.9 Å². The molecule has 2 radical (unpaired) electrons. The van der Waals surface area contributed by atoms with E-state index < -0.39 is 0 Å². The van der Waals surface area contributed by atoms with Crippen molar-refractivity contribution in [2.75, 3.05) is 4.90 Å². The second kappa shape index (κ2) is 10.4. The fraction of sp³-hybridized carbons (Fsp3) is 0.389. The number of carbonyl (C=O) groups is 1. The van der Waals surface area contributed by atoms with Crippen LogP contribution in [0.3, 0.4) is 0 Å². The predicted octanol–water partition coefficient (Wildman–Crippen LogP) is 3.63. The molecule has 1 aromatic rings. The van der Waals surface area contributed by atoms with E-state index in [1.165, 1.54) is 11.3 Å². The van der Waals surface area contributed by atoms with Gasteiger partial charge in [0.25, 0.3) is 0 Å². The zero-order chi connectivity index (χ0) is 14.3. The fourth-order valence-corrected chi connectivity index (χ4v) is 3.40. The topological polar surface area (TPSA) is 20.3 Å². The van der Waals surface area contributed by atoms with Gasteiger partial charge >= 0.3 is 0 Å². The minimum Gasteiger partial charge on any atom is -0.408 e. The fourth-order valence-electron chi connectivity index (χ4n) is 3.40. The average molecular weight is 648 g/mol. The summed E-state index contributed by atoms with van der Waals surface area (Å²) in [6.07, 6.45) is 8.34. The Kier molecular flexibility index (Phi) is 10.9. The molecule has 0 saturated heterocycles. The molecule has 1 saturated carbocycles. The normalized spacial score (nSPS) is 26.0. The van der Waals surface area contributed by atoms with Crippen LogP contribution in [0.25, 0.3) is 0 Å². The van der Waals surface area contributed by atoms with Gasteiger partial charge in [-0.25, -0.2) is 0 Å². The first kappa shape index (κ1) is 24.2. The van der Waals surface area contributed by atoms with E-state index in [4.69, 9.17) is 0 Å². The van der Waals surface area contributed by atoms with Crippen LogP contribution in [0.2, 0.25) is 0 Å². The first-order valence-electron chi connectivity index (χ1n) is 7.48. The molecule has 1 fully saturated rings. The summed E-state index contributed by atoms with van der Waals surface area (Å²) in [6.45, 7) is 6.15. The molecule has 120 valence electrons. The third-order valence-corrected chi connectivity index (χ3v) is 4.15. The number of rotatable bonds is 0. The van der Waals surface area contributed by atoms with E-state index in [9.17, 15) is 4.79 Å². The number of anilines is 1. The largest absolute Gasteiger partial charge is 0.408 e. The maximum atomic E-state index is 12.1. The molecule has 1 aliphatic carbocycles. The molecule has 3 unspecified atom stereocenters. The molecule has 0 aromatic heterocycles. The molecule has 1 aromatic carbocycles. The van der Waals surface area contributed by atoms with Crippen LogP contribution in [0.4, 0.5) is 5.69 Å². The summed E-state index contributed by atoms with van der Waals surface area (Å²) in [5.41, 5.74) is 3.60. The van der Waals surface area contributed by atoms with Crippen molar-refractivity contribution in [3.8, 4) is 0 Å². The third-order valence-electron chi connectivity index (χ3n) is 4.15. The Bertz CT molecular complexity index is 584. The van der Waals surface area contributed by atoms with E-state index in [-0.39, 0.29) is 102 Å². The van der Waals surface area contributed by atoms with Gasteiger partial charge in [0.05, 0.1) is 0 Å². The van der Waals surface area contributed by atoms with Crippen molar-refractivity contribution in [3.05, 3.63) is 54.4 Å². The Hall–Kier alpha value is 1.17. The number of ketones is 1. The number of hydrogen-bond acceptors (Lipinski definition) is 2. The average Bonchev–Trinajstić information content (AvgIpc) is 3.01. The van der Waals surface area contributed by atoms with Gasteiger partial charge in [-0.3, -0.25) is 0 Å². The molecule has 3 atom stereocenters. The molecule has 2 nitrogen and oxygen atoms in total. The number of benzene rings is 1. The summed E-state index contributed by atoms with van der Waals surface area (Å²) in [7, 11) is 0. The van der Waals surface area contributed by atoms with E-state index >= 15 is 0 Å². The Morgan fingerprint density at radius 2 is 1.91 bits per heavy atom. The minimum atomic E-state index is -0.00472. The zero-order valence-corrected chi connectivity index (χ0v) is 22.2. The Morgan fingerprint density at radius 1 is 1.26 bits per heavy atom. The Labute approximate surface area is 202 Å². The van der Waals surface area contributed by atoms with Crippen molar-refractivity contribution >= 4 is 11.5 Å². The van der Waals surface area contributed by atoms with Crippen LogP contribution in [0.1, 0.15) is 27.8 Å². The SMILES string of the molecule is CC.CC1[CH-]C2C(=O)[C-]=C3Cc4ccccc4N3C2[CH-]1.[3HH].[U].[V].[Y]. The molecular formula is C18H22NOUVY-3. The summed E-state index contributed by atoms with van der Waals surface area (Å²) in [4.78, 5) is 14.4. The van der Waals surface area contributed by atoms with Crippen LogP contribution in [-0.2, 0) is 62.5 Å². The number of allylic oxidation sites excluding steroid dienone is 2. The molecule has 0 amide bonds. The second-order valence-corrected chi connectivity index (χ2v) is 5.37. The van der Waals surface area contributed by atoms with E-state index in [2.05, 4.69) is 55.0 Å². The van der Waals surface area contributed by atoms with Crippen molar-refractivity contribution < 1.29 is 88.6 Å². The smallest absolute Gasteiger partial charge is 0.0395 e. The summed E-state index contributed by atoms with van der Waals surface area (Å²) in [5.74, 6) is 0.549. The van der Waals surface area contributed by atoms with Gasteiger partial charge in [0, 0.05) is 89.5 Å². The van der Waals surface area contributed by atoms with E-state index in [0.29, 0.717) is 5.92 Å². The van der Waals surface area contributed by atoms with Gasteiger partial charge in [-0.2, -0.15) is 5.70 Å². The van der Waals surface area contributed by atoms with Gasteiger partial charge in [-0.05, 0) is 23.8 Å². The summed E-state index contributed by atoms with van der Waals surface area (Å²) >= 11 is 0. The van der Waals surface area contributed by atoms with Gasteiger partial charge in [-0.1, -0.05) is 32.0 Å². The molecule has 23 heavy (non-hydrogen) atoms. The van der Waals surface area contributed by atoms with Gasteiger partial charge in [0.1, 0.15) is 0 Å². The van der Waals surface area contributed by atoms with Gasteiger partial charge in [0.2, 0.25) is 0 Å². The van der Waals surface area contributed by atoms with Gasteiger partial charge in [0.15, 0.2) is 0 Å².